The average molecular weight is 288 g/mol. The lowest BCUT2D eigenvalue weighted by Crippen LogP contribution is -2.41. The van der Waals surface area contributed by atoms with Gasteiger partial charge in [0.05, 0.1) is 16.8 Å². The van der Waals surface area contributed by atoms with Gasteiger partial charge in [0.2, 0.25) is 0 Å². The van der Waals surface area contributed by atoms with Crippen molar-refractivity contribution in [1.82, 2.24) is 0 Å². The van der Waals surface area contributed by atoms with Gasteiger partial charge in [-0.2, -0.15) is 17.6 Å². The Labute approximate surface area is 115 Å². The second-order valence-electron chi connectivity index (χ2n) is 5.64. The van der Waals surface area contributed by atoms with Crippen molar-refractivity contribution in [2.75, 3.05) is 0 Å². The van der Waals surface area contributed by atoms with E-state index >= 15 is 0 Å². The molecule has 7 heteroatoms. The molecule has 108 valence electrons. The van der Waals surface area contributed by atoms with E-state index in [0.29, 0.717) is 6.07 Å². The van der Waals surface area contributed by atoms with Crippen molar-refractivity contribution in [1.29, 1.82) is 0 Å². The van der Waals surface area contributed by atoms with Crippen molar-refractivity contribution in [2.24, 2.45) is 0 Å². The molecule has 2 rings (SSSR count). The first-order valence-corrected chi connectivity index (χ1v) is 6.00. The minimum absolute atomic E-state index is 0.642. The van der Waals surface area contributed by atoms with E-state index in [4.69, 9.17) is 9.31 Å². The van der Waals surface area contributed by atoms with Crippen molar-refractivity contribution in [3.05, 3.63) is 29.6 Å². The Bertz CT molecular complexity index is 510. The van der Waals surface area contributed by atoms with Crippen LogP contribution in [0.2, 0.25) is 0 Å². The topological polar surface area (TPSA) is 18.5 Å². The van der Waals surface area contributed by atoms with Crippen LogP contribution in [0.3, 0.4) is 0 Å². The highest BCUT2D eigenvalue weighted by Gasteiger charge is 2.54. The zero-order valence-corrected chi connectivity index (χ0v) is 11.5. The minimum Gasteiger partial charge on any atom is -0.399 e. The molecule has 0 N–H and O–H groups in total. The molecule has 0 aromatic heterocycles. The molecule has 2 nitrogen and oxygen atoms in total. The fourth-order valence-corrected chi connectivity index (χ4v) is 1.86. The van der Waals surface area contributed by atoms with Gasteiger partial charge in [-0.05, 0) is 33.8 Å². The van der Waals surface area contributed by atoms with E-state index in [1.807, 2.05) is 12.1 Å². The van der Waals surface area contributed by atoms with Gasteiger partial charge in [-0.1, -0.05) is 6.07 Å². The Morgan fingerprint density at radius 1 is 1.10 bits per heavy atom. The van der Waals surface area contributed by atoms with Gasteiger partial charge in [0.1, 0.15) is 0 Å². The lowest BCUT2D eigenvalue weighted by Gasteiger charge is -2.32. The number of hydrogen-bond donors (Lipinski definition) is 0. The molecule has 1 saturated heterocycles. The van der Waals surface area contributed by atoms with Gasteiger partial charge in [-0.25, -0.2) is 0 Å². The van der Waals surface area contributed by atoms with Crippen molar-refractivity contribution < 1.29 is 26.9 Å². The van der Waals surface area contributed by atoms with Crippen LogP contribution in [0.5, 0.6) is 0 Å². The average Bonchev–Trinajstić information content (AvgIpc) is 2.46. The fraction of sp³-hybridized carbons (Fsp3) is 0.538. The monoisotopic (exact) mass is 288 g/mol. The molecule has 0 bridgehead atoms. The first-order valence-electron chi connectivity index (χ1n) is 6.00. The van der Waals surface area contributed by atoms with Crippen molar-refractivity contribution in [2.45, 2.75) is 45.1 Å². The van der Waals surface area contributed by atoms with Crippen LogP contribution in [0.15, 0.2) is 6.07 Å². The van der Waals surface area contributed by atoms with E-state index in [9.17, 15) is 17.6 Å². The van der Waals surface area contributed by atoms with Gasteiger partial charge < -0.3 is 9.31 Å². The smallest absolute Gasteiger partial charge is 0.399 e. The lowest BCUT2D eigenvalue weighted by atomic mass is 9.75. The summed E-state index contributed by atoms with van der Waals surface area (Å²) < 4.78 is 63.6. The van der Waals surface area contributed by atoms with E-state index in [0.717, 1.165) is 0 Å². The second-order valence-corrected chi connectivity index (χ2v) is 5.64. The Kier molecular flexibility index (Phi) is 3.31. The van der Waals surface area contributed by atoms with E-state index < -0.39 is 41.3 Å². The SMILES string of the molecule is CC1(C)OB(c2c(F)c#ccc2C(F)(F)F)OC1(C)C. The van der Waals surface area contributed by atoms with Crippen LogP contribution in [0, 0.1) is 17.9 Å². The Morgan fingerprint density at radius 3 is 2.05 bits per heavy atom. The molecule has 0 radical (unpaired) electrons. The summed E-state index contributed by atoms with van der Waals surface area (Å²) in [5.41, 5.74) is -3.55. The predicted molar refractivity (Wildman–Crippen MR) is 64.8 cm³/mol. The summed E-state index contributed by atoms with van der Waals surface area (Å²) in [6.07, 6.45) is -4.72. The van der Waals surface area contributed by atoms with Crippen LogP contribution < -0.4 is 5.46 Å². The Morgan fingerprint density at radius 2 is 1.60 bits per heavy atom. The van der Waals surface area contributed by atoms with E-state index in [-0.39, 0.29) is 0 Å². The molecule has 0 saturated carbocycles. The van der Waals surface area contributed by atoms with Crippen molar-refractivity contribution in [3.63, 3.8) is 0 Å². The molecule has 1 aromatic rings. The van der Waals surface area contributed by atoms with E-state index in [2.05, 4.69) is 0 Å². The molecule has 1 aliphatic rings. The first kappa shape index (κ1) is 15.1. The maximum Gasteiger partial charge on any atom is 0.499 e. The van der Waals surface area contributed by atoms with Crippen LogP contribution in [0.1, 0.15) is 33.3 Å². The zero-order chi connectivity index (χ0) is 15.3. The molecule has 1 aliphatic heterocycles. The molecule has 0 atom stereocenters. The predicted octanol–water partition coefficient (Wildman–Crippen LogP) is 2.74. The lowest BCUT2D eigenvalue weighted by molar-refractivity contribution is -0.137. The third-order valence-corrected chi connectivity index (χ3v) is 3.72. The summed E-state index contributed by atoms with van der Waals surface area (Å²) in [5, 5.41) is 0. The molecule has 1 fully saturated rings. The molecule has 0 unspecified atom stereocenters. The van der Waals surface area contributed by atoms with E-state index in [1.54, 1.807) is 27.7 Å². The Hall–Kier alpha value is -1.26. The molecule has 0 spiro atoms. The maximum absolute atomic E-state index is 13.8. The summed E-state index contributed by atoms with van der Waals surface area (Å²) in [5.74, 6) is -1.17. The zero-order valence-electron chi connectivity index (χ0n) is 11.5. The quantitative estimate of drug-likeness (QED) is 0.584. The first-order chi connectivity index (χ1) is 8.96. The Balaban J connectivity index is 2.50. The maximum atomic E-state index is 13.8. The molecular formula is C13H13BF4O2. The van der Waals surface area contributed by atoms with Crippen molar-refractivity contribution >= 4 is 12.6 Å². The van der Waals surface area contributed by atoms with Crippen LogP contribution in [0.4, 0.5) is 17.6 Å². The van der Waals surface area contributed by atoms with Crippen LogP contribution in [0.25, 0.3) is 0 Å². The highest BCUT2D eigenvalue weighted by Crippen LogP contribution is 2.38. The van der Waals surface area contributed by atoms with Crippen LogP contribution in [-0.2, 0) is 15.5 Å². The number of alkyl halides is 3. The standard InChI is InChI=1S/C13H13BF4O2/c1-11(2)12(3,4)20-14(19-11)10-8(13(16,17)18)6-5-7-9(10)15/h6H,1-4H3. The van der Waals surface area contributed by atoms with Gasteiger partial charge in [0.15, 0.2) is 5.82 Å². The van der Waals surface area contributed by atoms with Crippen LogP contribution in [-0.4, -0.2) is 18.3 Å². The number of halogens is 4. The molecular weight excluding hydrogens is 275 g/mol. The summed E-state index contributed by atoms with van der Waals surface area (Å²) in [6.45, 7) is 6.71. The third kappa shape index (κ3) is 2.38. The van der Waals surface area contributed by atoms with E-state index in [1.165, 1.54) is 0 Å². The molecule has 1 aromatic carbocycles. The van der Waals surface area contributed by atoms with Crippen molar-refractivity contribution in [3.8, 4) is 0 Å². The highest BCUT2D eigenvalue weighted by molar-refractivity contribution is 6.62. The highest BCUT2D eigenvalue weighted by atomic mass is 19.4. The summed E-state index contributed by atoms with van der Waals surface area (Å²) in [4.78, 5) is 0. The molecule has 1 heterocycles. The van der Waals surface area contributed by atoms with Gasteiger partial charge in [-0.15, -0.1) is 0 Å². The largest absolute Gasteiger partial charge is 0.499 e. The molecule has 20 heavy (non-hydrogen) atoms. The van der Waals surface area contributed by atoms with Gasteiger partial charge in [0, 0.05) is 11.5 Å². The van der Waals surface area contributed by atoms with Crippen LogP contribution >= 0.6 is 0 Å². The number of rotatable bonds is 1. The number of hydrogen-bond acceptors (Lipinski definition) is 2. The van der Waals surface area contributed by atoms with Gasteiger partial charge in [-0.3, -0.25) is 0 Å². The second kappa shape index (κ2) is 4.37. The minimum atomic E-state index is -4.72. The summed E-state index contributed by atoms with van der Waals surface area (Å²) in [6, 6.07) is 4.64. The summed E-state index contributed by atoms with van der Waals surface area (Å²) in [7, 11) is -1.43. The molecule has 0 amide bonds. The normalized spacial score (nSPS) is 20.9. The summed E-state index contributed by atoms with van der Waals surface area (Å²) >= 11 is 0. The van der Waals surface area contributed by atoms with Gasteiger partial charge >= 0.3 is 13.3 Å². The third-order valence-electron chi connectivity index (χ3n) is 3.72. The van der Waals surface area contributed by atoms with Gasteiger partial charge in [0.25, 0.3) is 0 Å². The fourth-order valence-electron chi connectivity index (χ4n) is 1.86. The molecule has 0 aliphatic carbocycles.